The van der Waals surface area contributed by atoms with Crippen LogP contribution in [0.5, 0.6) is 5.75 Å². The van der Waals surface area contributed by atoms with Gasteiger partial charge in [0.15, 0.2) is 0 Å². The second kappa shape index (κ2) is 10.1. The zero-order chi connectivity index (χ0) is 24.2. The lowest BCUT2D eigenvalue weighted by molar-refractivity contribution is -0.136. The Kier molecular flexibility index (Phi) is 6.99. The Morgan fingerprint density at radius 3 is 2.79 bits per heavy atom. The minimum absolute atomic E-state index is 0.105. The molecule has 0 saturated carbocycles. The van der Waals surface area contributed by atoms with Gasteiger partial charge in [-0.3, -0.25) is 19.7 Å². The molecule has 0 bridgehead atoms. The molecule has 1 atom stereocenters. The molecule has 2 aromatic rings. The monoisotopic (exact) mass is 486 g/mol. The number of fused-ring (bicyclic) bond motifs is 1. The number of rotatable bonds is 7. The van der Waals surface area contributed by atoms with E-state index >= 15 is 0 Å². The number of carbonyl (C=O) groups excluding carboxylic acids is 4. The van der Waals surface area contributed by atoms with Gasteiger partial charge in [-0.25, -0.2) is 4.79 Å². The Morgan fingerprint density at radius 2 is 2.03 bits per heavy atom. The molecule has 4 rings (SSSR count). The van der Waals surface area contributed by atoms with Crippen LogP contribution in [0.3, 0.4) is 0 Å². The number of halogens is 1. The lowest BCUT2D eigenvalue weighted by Crippen LogP contribution is -2.52. The number of benzene rings is 2. The molecule has 2 aliphatic heterocycles. The quantitative estimate of drug-likeness (QED) is 0.440. The Labute approximate surface area is 200 Å². The first-order valence-corrected chi connectivity index (χ1v) is 11.1. The molecule has 0 radical (unpaired) electrons. The summed E-state index contributed by atoms with van der Waals surface area (Å²) in [6.07, 6.45) is 0.498. The van der Waals surface area contributed by atoms with E-state index in [1.807, 2.05) is 6.07 Å². The summed E-state index contributed by atoms with van der Waals surface area (Å²) in [5.74, 6) is -0.617. The number of carbonyl (C=O) groups is 4. The van der Waals surface area contributed by atoms with Gasteiger partial charge in [-0.2, -0.15) is 0 Å². The van der Waals surface area contributed by atoms with Crippen LogP contribution in [0, 0.1) is 0 Å². The van der Waals surface area contributed by atoms with E-state index in [0.717, 1.165) is 11.1 Å². The summed E-state index contributed by atoms with van der Waals surface area (Å²) in [6.45, 7) is 0.432. The van der Waals surface area contributed by atoms with Gasteiger partial charge in [-0.05, 0) is 35.7 Å². The number of hydrogen-bond acceptors (Lipinski definition) is 6. The highest BCUT2D eigenvalue weighted by Gasteiger charge is 2.39. The minimum Gasteiger partial charge on any atom is -0.491 e. The standard InChI is InChI=1S/C23H23ClN4O6/c24-15-8-16(10-17(9-15)34-6-5-29)26-23(33)25-11-13-1-2-18-14(7-13)12-28(22(18)32)19-3-4-20(30)27-21(19)31/h1-2,7-10,19,29H,3-6,11-12H2,(H2,25,26,33)(H,27,30,31). The van der Waals surface area contributed by atoms with E-state index in [1.165, 1.54) is 4.90 Å². The van der Waals surface area contributed by atoms with Gasteiger partial charge in [-0.1, -0.05) is 23.7 Å². The van der Waals surface area contributed by atoms with Gasteiger partial charge in [0, 0.05) is 41.9 Å². The molecule has 11 heteroatoms. The molecular formula is C23H23ClN4O6. The highest BCUT2D eigenvalue weighted by Crippen LogP contribution is 2.28. The summed E-state index contributed by atoms with van der Waals surface area (Å²) in [5, 5.41) is 16.9. The average molecular weight is 487 g/mol. The van der Waals surface area contributed by atoms with Crippen LogP contribution < -0.4 is 20.7 Å². The molecule has 0 aliphatic carbocycles. The van der Waals surface area contributed by atoms with Crippen molar-refractivity contribution in [3.8, 4) is 5.75 Å². The van der Waals surface area contributed by atoms with Gasteiger partial charge in [0.05, 0.1) is 6.61 Å². The van der Waals surface area contributed by atoms with Crippen LogP contribution in [-0.2, 0) is 22.7 Å². The van der Waals surface area contributed by atoms with E-state index in [-0.39, 0.29) is 44.5 Å². The predicted octanol–water partition coefficient (Wildman–Crippen LogP) is 1.79. The van der Waals surface area contributed by atoms with Crippen molar-refractivity contribution in [2.75, 3.05) is 18.5 Å². The molecule has 1 unspecified atom stereocenters. The number of imide groups is 1. The molecule has 2 aliphatic rings. The Bertz CT molecular complexity index is 1150. The zero-order valence-electron chi connectivity index (χ0n) is 18.1. The van der Waals surface area contributed by atoms with Gasteiger partial charge < -0.3 is 25.4 Å². The van der Waals surface area contributed by atoms with Crippen LogP contribution in [0.1, 0.15) is 34.3 Å². The molecule has 2 heterocycles. The van der Waals surface area contributed by atoms with E-state index in [0.29, 0.717) is 28.4 Å². The van der Waals surface area contributed by atoms with E-state index in [2.05, 4.69) is 16.0 Å². The lowest BCUT2D eigenvalue weighted by Gasteiger charge is -2.29. The van der Waals surface area contributed by atoms with Crippen LogP contribution in [0.2, 0.25) is 5.02 Å². The summed E-state index contributed by atoms with van der Waals surface area (Å²) in [5.41, 5.74) is 2.48. The van der Waals surface area contributed by atoms with Gasteiger partial charge in [0.2, 0.25) is 11.8 Å². The smallest absolute Gasteiger partial charge is 0.319 e. The van der Waals surface area contributed by atoms with E-state index in [9.17, 15) is 19.2 Å². The van der Waals surface area contributed by atoms with Crippen LogP contribution >= 0.6 is 11.6 Å². The summed E-state index contributed by atoms with van der Waals surface area (Å²) < 4.78 is 5.32. The Hall–Kier alpha value is -3.63. The first-order chi connectivity index (χ1) is 16.3. The minimum atomic E-state index is -0.672. The maximum atomic E-state index is 12.8. The van der Waals surface area contributed by atoms with Gasteiger partial charge in [-0.15, -0.1) is 0 Å². The second-order valence-electron chi connectivity index (χ2n) is 7.95. The van der Waals surface area contributed by atoms with Crippen molar-refractivity contribution in [2.45, 2.75) is 32.0 Å². The van der Waals surface area contributed by atoms with Crippen molar-refractivity contribution in [3.63, 3.8) is 0 Å². The Morgan fingerprint density at radius 1 is 1.21 bits per heavy atom. The second-order valence-corrected chi connectivity index (χ2v) is 8.38. The van der Waals surface area contributed by atoms with Crippen molar-refractivity contribution in [2.24, 2.45) is 0 Å². The van der Waals surface area contributed by atoms with Crippen LogP contribution in [0.25, 0.3) is 0 Å². The first kappa shape index (κ1) is 23.5. The molecule has 34 heavy (non-hydrogen) atoms. The molecule has 2 aromatic carbocycles. The number of nitrogens with one attached hydrogen (secondary N) is 3. The molecule has 1 fully saturated rings. The summed E-state index contributed by atoms with van der Waals surface area (Å²) in [6, 6.07) is 8.84. The van der Waals surface area contributed by atoms with Crippen LogP contribution in [0.4, 0.5) is 10.5 Å². The van der Waals surface area contributed by atoms with Crippen LogP contribution in [-0.4, -0.2) is 53.0 Å². The van der Waals surface area contributed by atoms with E-state index in [1.54, 1.807) is 30.3 Å². The molecule has 10 nitrogen and oxygen atoms in total. The third kappa shape index (κ3) is 5.29. The highest BCUT2D eigenvalue weighted by molar-refractivity contribution is 6.31. The van der Waals surface area contributed by atoms with Crippen molar-refractivity contribution >= 4 is 41.0 Å². The number of hydrogen-bond donors (Lipinski definition) is 4. The van der Waals surface area contributed by atoms with Gasteiger partial charge in [0.25, 0.3) is 5.91 Å². The third-order valence-corrected chi connectivity index (χ3v) is 5.75. The molecule has 0 spiro atoms. The van der Waals surface area contributed by atoms with Gasteiger partial charge >= 0.3 is 6.03 Å². The molecule has 1 saturated heterocycles. The molecular weight excluding hydrogens is 464 g/mol. The van der Waals surface area contributed by atoms with Crippen LogP contribution in [0.15, 0.2) is 36.4 Å². The summed E-state index contributed by atoms with van der Waals surface area (Å²) >= 11 is 6.05. The van der Waals surface area contributed by atoms with E-state index in [4.69, 9.17) is 21.4 Å². The summed E-state index contributed by atoms with van der Waals surface area (Å²) in [4.78, 5) is 50.2. The molecule has 0 aromatic heterocycles. The summed E-state index contributed by atoms with van der Waals surface area (Å²) in [7, 11) is 0. The largest absolute Gasteiger partial charge is 0.491 e. The van der Waals surface area contributed by atoms with E-state index < -0.39 is 18.0 Å². The maximum Gasteiger partial charge on any atom is 0.319 e. The fraction of sp³-hybridized carbons (Fsp3) is 0.304. The SMILES string of the molecule is O=C1CCC(N2Cc3cc(CNC(=O)Nc4cc(Cl)cc(OCCO)c4)ccc3C2=O)C(=O)N1. The fourth-order valence-corrected chi connectivity index (χ4v) is 4.20. The van der Waals surface area contributed by atoms with Crippen molar-refractivity contribution < 1.29 is 29.0 Å². The highest BCUT2D eigenvalue weighted by atomic mass is 35.5. The lowest BCUT2D eigenvalue weighted by atomic mass is 10.0. The third-order valence-electron chi connectivity index (χ3n) is 5.53. The first-order valence-electron chi connectivity index (χ1n) is 10.7. The Balaban J connectivity index is 1.36. The van der Waals surface area contributed by atoms with Crippen molar-refractivity contribution in [3.05, 3.63) is 58.1 Å². The zero-order valence-corrected chi connectivity index (χ0v) is 18.9. The van der Waals surface area contributed by atoms with Gasteiger partial charge in [0.1, 0.15) is 18.4 Å². The van der Waals surface area contributed by atoms with Crippen molar-refractivity contribution in [1.29, 1.82) is 0 Å². The number of piperidine rings is 1. The average Bonchev–Trinajstić information content (AvgIpc) is 3.11. The number of ether oxygens (including phenoxy) is 1. The molecule has 178 valence electrons. The molecule has 4 N–H and O–H groups in total. The normalized spacial score (nSPS) is 17.3. The number of anilines is 1. The predicted molar refractivity (Wildman–Crippen MR) is 122 cm³/mol. The number of nitrogens with zero attached hydrogens (tertiary/aromatic N) is 1. The number of urea groups is 1. The maximum absolute atomic E-state index is 12.8. The topological polar surface area (TPSA) is 137 Å². The number of amides is 5. The number of aliphatic hydroxyl groups excluding tert-OH is 1. The fourth-order valence-electron chi connectivity index (χ4n) is 3.98. The van der Waals surface area contributed by atoms with Crippen molar-refractivity contribution in [1.82, 2.24) is 15.5 Å². The molecule has 5 amide bonds. The number of aliphatic hydroxyl groups is 1.